The molecule has 1 saturated heterocycles. The highest BCUT2D eigenvalue weighted by molar-refractivity contribution is 5.95. The summed E-state index contributed by atoms with van der Waals surface area (Å²) in [4.78, 5) is 13.2. The van der Waals surface area contributed by atoms with Crippen molar-refractivity contribution in [3.8, 4) is 5.75 Å². The monoisotopic (exact) mass is 502 g/mol. The number of nitrogens with zero attached hydrogens (tertiary/aromatic N) is 3. The molecule has 1 fully saturated rings. The SMILES string of the molecule is COc1c([C@@H]2[C@@H](C(=O)Nc3ccc4cnnn4c3)O[C@](C)(C(F)(F)F)[C@@H]2C)ccc(F)c1C(F)F. The van der Waals surface area contributed by atoms with Gasteiger partial charge in [-0.2, -0.15) is 13.2 Å². The van der Waals surface area contributed by atoms with Crippen molar-refractivity contribution in [2.45, 2.75) is 44.1 Å². The molecule has 35 heavy (non-hydrogen) atoms. The van der Waals surface area contributed by atoms with Gasteiger partial charge in [0.05, 0.1) is 36.3 Å². The van der Waals surface area contributed by atoms with Crippen molar-refractivity contribution in [1.29, 1.82) is 0 Å². The molecule has 1 N–H and O–H groups in total. The van der Waals surface area contributed by atoms with Crippen LogP contribution >= 0.6 is 0 Å². The number of methoxy groups -OCH3 is 1. The lowest BCUT2D eigenvalue weighted by molar-refractivity contribution is -0.272. The van der Waals surface area contributed by atoms with Crippen LogP contribution in [-0.4, -0.2) is 45.7 Å². The number of hydrogen-bond donors (Lipinski definition) is 1. The van der Waals surface area contributed by atoms with Gasteiger partial charge in [-0.25, -0.2) is 17.7 Å². The molecule has 188 valence electrons. The average Bonchev–Trinajstić information content (AvgIpc) is 3.35. The summed E-state index contributed by atoms with van der Waals surface area (Å²) >= 11 is 0. The van der Waals surface area contributed by atoms with Gasteiger partial charge in [0.25, 0.3) is 12.3 Å². The third-order valence-electron chi connectivity index (χ3n) is 6.45. The van der Waals surface area contributed by atoms with E-state index in [-0.39, 0.29) is 11.3 Å². The van der Waals surface area contributed by atoms with E-state index in [0.717, 1.165) is 20.1 Å². The normalized spacial score (nSPS) is 24.8. The Morgan fingerprint density at radius 2 is 1.97 bits per heavy atom. The number of rotatable bonds is 5. The molecule has 0 radical (unpaired) electrons. The second-order valence-electron chi connectivity index (χ2n) is 8.35. The Morgan fingerprint density at radius 1 is 1.26 bits per heavy atom. The van der Waals surface area contributed by atoms with Crippen LogP contribution in [0.15, 0.2) is 36.7 Å². The van der Waals surface area contributed by atoms with Crippen molar-refractivity contribution in [2.75, 3.05) is 12.4 Å². The molecule has 0 saturated carbocycles. The standard InChI is InChI=1S/C22H20F6N4O3/c1-10-15(13-6-7-14(23)16(19(24)25)17(13)34-3)18(35-21(10,2)22(26,27)28)20(33)30-11-4-5-12-8-29-31-32(12)9-11/h4-10,15,18-19H,1-3H3,(H,30,33)/t10-,15-,18+,21+/m1/s1. The van der Waals surface area contributed by atoms with E-state index in [0.29, 0.717) is 11.6 Å². The molecular formula is C22H20F6N4O3. The number of alkyl halides is 5. The lowest BCUT2D eigenvalue weighted by atomic mass is 9.76. The third kappa shape index (κ3) is 4.07. The Morgan fingerprint density at radius 3 is 2.60 bits per heavy atom. The number of hydrogen-bond acceptors (Lipinski definition) is 5. The molecule has 4 rings (SSSR count). The summed E-state index contributed by atoms with van der Waals surface area (Å²) in [5.41, 5.74) is -3.32. The van der Waals surface area contributed by atoms with Crippen molar-refractivity contribution in [1.82, 2.24) is 14.8 Å². The minimum Gasteiger partial charge on any atom is -0.496 e. The zero-order valence-electron chi connectivity index (χ0n) is 18.6. The van der Waals surface area contributed by atoms with Crippen LogP contribution in [0.4, 0.5) is 32.0 Å². The smallest absolute Gasteiger partial charge is 0.417 e. The number of aromatic nitrogens is 3. The lowest BCUT2D eigenvalue weighted by Gasteiger charge is -2.32. The molecule has 0 aliphatic carbocycles. The number of ether oxygens (including phenoxy) is 2. The number of carbonyl (C=O) groups excluding carboxylic acids is 1. The first kappa shape index (κ1) is 24.8. The minimum absolute atomic E-state index is 0.183. The van der Waals surface area contributed by atoms with Gasteiger partial charge in [-0.1, -0.05) is 18.2 Å². The molecule has 7 nitrogen and oxygen atoms in total. The second kappa shape index (κ2) is 8.70. The van der Waals surface area contributed by atoms with Gasteiger partial charge in [0.2, 0.25) is 0 Å². The van der Waals surface area contributed by atoms with Crippen LogP contribution in [-0.2, 0) is 9.53 Å². The van der Waals surface area contributed by atoms with Crippen molar-refractivity contribution in [3.63, 3.8) is 0 Å². The average molecular weight is 502 g/mol. The van der Waals surface area contributed by atoms with Gasteiger partial charge in [0.1, 0.15) is 17.7 Å². The van der Waals surface area contributed by atoms with Crippen LogP contribution in [0.1, 0.15) is 37.3 Å². The Hall–Kier alpha value is -3.35. The number of fused-ring (bicyclic) bond motifs is 1. The molecule has 1 aliphatic heterocycles. The van der Waals surface area contributed by atoms with Gasteiger partial charge >= 0.3 is 6.18 Å². The Balaban J connectivity index is 1.79. The highest BCUT2D eigenvalue weighted by Gasteiger charge is 2.66. The second-order valence-corrected chi connectivity index (χ2v) is 8.35. The minimum atomic E-state index is -4.90. The molecule has 3 aromatic rings. The summed E-state index contributed by atoms with van der Waals surface area (Å²) in [5, 5.41) is 9.96. The summed E-state index contributed by atoms with van der Waals surface area (Å²) in [5.74, 6) is -5.70. The van der Waals surface area contributed by atoms with E-state index in [1.54, 1.807) is 6.07 Å². The summed E-state index contributed by atoms with van der Waals surface area (Å²) in [6.45, 7) is 1.97. The van der Waals surface area contributed by atoms with Crippen LogP contribution in [0.5, 0.6) is 5.75 Å². The van der Waals surface area contributed by atoms with Gasteiger partial charge < -0.3 is 14.8 Å². The number of anilines is 1. The van der Waals surface area contributed by atoms with Gasteiger partial charge in [0, 0.05) is 17.4 Å². The number of benzene rings is 1. The molecule has 1 aromatic carbocycles. The van der Waals surface area contributed by atoms with Crippen molar-refractivity contribution in [3.05, 3.63) is 53.6 Å². The molecule has 0 unspecified atom stereocenters. The highest BCUT2D eigenvalue weighted by atomic mass is 19.4. The van der Waals surface area contributed by atoms with Crippen LogP contribution in [0.2, 0.25) is 0 Å². The largest absolute Gasteiger partial charge is 0.496 e. The number of amides is 1. The van der Waals surface area contributed by atoms with E-state index < -0.39 is 59.2 Å². The van der Waals surface area contributed by atoms with Gasteiger partial charge in [-0.05, 0) is 25.1 Å². The van der Waals surface area contributed by atoms with E-state index in [4.69, 9.17) is 9.47 Å². The first-order valence-corrected chi connectivity index (χ1v) is 10.4. The zero-order valence-corrected chi connectivity index (χ0v) is 18.6. The molecular weight excluding hydrogens is 482 g/mol. The van der Waals surface area contributed by atoms with Crippen LogP contribution in [0.3, 0.4) is 0 Å². The van der Waals surface area contributed by atoms with Crippen molar-refractivity contribution < 1.29 is 40.6 Å². The van der Waals surface area contributed by atoms with Crippen LogP contribution in [0, 0.1) is 11.7 Å². The third-order valence-corrected chi connectivity index (χ3v) is 6.45. The zero-order chi connectivity index (χ0) is 25.7. The maximum absolute atomic E-state index is 14.2. The Kier molecular flexibility index (Phi) is 6.16. The molecule has 0 bridgehead atoms. The van der Waals surface area contributed by atoms with E-state index >= 15 is 0 Å². The Labute approximate surface area is 195 Å². The Bertz CT molecular complexity index is 1260. The predicted octanol–water partition coefficient (Wildman–Crippen LogP) is 4.89. The fraction of sp³-hybridized carbons (Fsp3) is 0.409. The molecule has 4 atom stereocenters. The van der Waals surface area contributed by atoms with Crippen molar-refractivity contribution >= 4 is 17.1 Å². The van der Waals surface area contributed by atoms with E-state index in [9.17, 15) is 31.1 Å². The summed E-state index contributed by atoms with van der Waals surface area (Å²) in [6.07, 6.45) is -7.13. The van der Waals surface area contributed by atoms with E-state index in [2.05, 4.69) is 15.6 Å². The number of nitrogens with one attached hydrogen (secondary N) is 1. The number of carbonyl (C=O) groups is 1. The number of pyridine rings is 1. The summed E-state index contributed by atoms with van der Waals surface area (Å²) in [7, 11) is 0.996. The maximum Gasteiger partial charge on any atom is 0.417 e. The molecule has 0 spiro atoms. The first-order chi connectivity index (χ1) is 16.4. The lowest BCUT2D eigenvalue weighted by Crippen LogP contribution is -2.47. The van der Waals surface area contributed by atoms with Gasteiger partial charge in [-0.15, -0.1) is 5.10 Å². The first-order valence-electron chi connectivity index (χ1n) is 10.4. The summed E-state index contributed by atoms with van der Waals surface area (Å²) in [6, 6.07) is 4.81. The molecule has 13 heteroatoms. The predicted molar refractivity (Wildman–Crippen MR) is 111 cm³/mol. The van der Waals surface area contributed by atoms with Crippen LogP contribution < -0.4 is 10.1 Å². The molecule has 2 aromatic heterocycles. The quantitative estimate of drug-likeness (QED) is 0.503. The van der Waals surface area contributed by atoms with Gasteiger partial charge in [0.15, 0.2) is 5.60 Å². The molecule has 1 amide bonds. The maximum atomic E-state index is 14.2. The summed E-state index contributed by atoms with van der Waals surface area (Å²) < 4.78 is 95.2. The van der Waals surface area contributed by atoms with Crippen LogP contribution in [0.25, 0.3) is 5.52 Å². The topological polar surface area (TPSA) is 77.8 Å². The van der Waals surface area contributed by atoms with Gasteiger partial charge in [-0.3, -0.25) is 4.79 Å². The molecule has 1 aliphatic rings. The van der Waals surface area contributed by atoms with Crippen molar-refractivity contribution in [2.24, 2.45) is 5.92 Å². The fourth-order valence-electron chi connectivity index (χ4n) is 4.42. The van der Waals surface area contributed by atoms with E-state index in [1.165, 1.54) is 29.9 Å². The van der Waals surface area contributed by atoms with E-state index in [1.807, 2.05) is 0 Å². The molecule has 3 heterocycles. The highest BCUT2D eigenvalue weighted by Crippen LogP contribution is 2.55. The fourth-order valence-corrected chi connectivity index (χ4v) is 4.42. The number of halogens is 6.